The molecule has 1 aliphatic heterocycles. The van der Waals surface area contributed by atoms with Gasteiger partial charge in [-0.25, -0.2) is 0 Å². The lowest BCUT2D eigenvalue weighted by Gasteiger charge is -2.15. The van der Waals surface area contributed by atoms with Crippen molar-refractivity contribution in [3.63, 3.8) is 0 Å². The van der Waals surface area contributed by atoms with Crippen molar-refractivity contribution in [2.75, 3.05) is 13.2 Å². The van der Waals surface area contributed by atoms with Crippen molar-refractivity contribution in [2.24, 2.45) is 5.73 Å². The minimum atomic E-state index is -0.492. The molecule has 1 saturated heterocycles. The molecule has 1 heterocycles. The number of halogens is 1. The predicted octanol–water partition coefficient (Wildman–Crippen LogP) is 1.27. The summed E-state index contributed by atoms with van der Waals surface area (Å²) in [5.41, 5.74) is 6.96. The van der Waals surface area contributed by atoms with Gasteiger partial charge < -0.3 is 15.8 Å². The molecular weight excluding hydrogens is 264 g/mol. The van der Waals surface area contributed by atoms with E-state index in [1.54, 1.807) is 0 Å². The number of amides is 1. The van der Waals surface area contributed by atoms with Crippen LogP contribution in [0.1, 0.15) is 18.4 Å². The highest BCUT2D eigenvalue weighted by Crippen LogP contribution is 2.10. The number of carbonyl (C=O) groups excluding carboxylic acids is 1. The fourth-order valence-corrected chi connectivity index (χ4v) is 2.11. The first-order valence-electron chi connectivity index (χ1n) is 6.44. The van der Waals surface area contributed by atoms with Crippen LogP contribution in [0.4, 0.5) is 0 Å². The first-order valence-corrected chi connectivity index (χ1v) is 6.44. The second kappa shape index (κ2) is 8.15. The zero-order valence-corrected chi connectivity index (χ0v) is 11.7. The minimum absolute atomic E-state index is 0. The monoisotopic (exact) mass is 284 g/mol. The van der Waals surface area contributed by atoms with Crippen LogP contribution in [0.15, 0.2) is 30.3 Å². The largest absolute Gasteiger partial charge is 0.376 e. The van der Waals surface area contributed by atoms with E-state index in [1.807, 2.05) is 30.3 Å². The van der Waals surface area contributed by atoms with Gasteiger partial charge in [0.1, 0.15) is 0 Å². The molecule has 0 radical (unpaired) electrons. The van der Waals surface area contributed by atoms with Crippen molar-refractivity contribution in [3.05, 3.63) is 35.9 Å². The Labute approximate surface area is 120 Å². The first-order chi connectivity index (χ1) is 8.75. The van der Waals surface area contributed by atoms with E-state index in [1.165, 1.54) is 0 Å². The van der Waals surface area contributed by atoms with Crippen LogP contribution in [-0.4, -0.2) is 31.2 Å². The maximum atomic E-state index is 11.8. The molecule has 2 rings (SSSR count). The molecule has 1 unspecified atom stereocenters. The number of rotatable bonds is 5. The molecule has 1 aromatic rings. The average Bonchev–Trinajstić information content (AvgIpc) is 2.90. The molecule has 0 aromatic heterocycles. The number of carbonyl (C=O) groups is 1. The lowest BCUT2D eigenvalue weighted by Crippen LogP contribution is -2.44. The molecule has 1 amide bonds. The van der Waals surface area contributed by atoms with Crippen molar-refractivity contribution in [1.82, 2.24) is 5.32 Å². The van der Waals surface area contributed by atoms with E-state index in [9.17, 15) is 4.79 Å². The lowest BCUT2D eigenvalue weighted by molar-refractivity contribution is -0.122. The van der Waals surface area contributed by atoms with Gasteiger partial charge in [0, 0.05) is 13.2 Å². The fourth-order valence-electron chi connectivity index (χ4n) is 2.11. The molecule has 0 aliphatic carbocycles. The summed E-state index contributed by atoms with van der Waals surface area (Å²) in [5, 5.41) is 2.86. The Bertz CT molecular complexity index is 380. The molecule has 1 aliphatic rings. The van der Waals surface area contributed by atoms with Gasteiger partial charge in [-0.2, -0.15) is 0 Å². The summed E-state index contributed by atoms with van der Waals surface area (Å²) in [6, 6.07) is 9.32. The highest BCUT2D eigenvalue weighted by atomic mass is 35.5. The number of ether oxygens (including phenoxy) is 1. The van der Waals surface area contributed by atoms with E-state index in [2.05, 4.69) is 5.32 Å². The summed E-state index contributed by atoms with van der Waals surface area (Å²) in [5.74, 6) is -0.102. The number of nitrogens with two attached hydrogens (primary N) is 1. The second-order valence-corrected chi connectivity index (χ2v) is 4.68. The van der Waals surface area contributed by atoms with Crippen molar-refractivity contribution < 1.29 is 9.53 Å². The predicted molar refractivity (Wildman–Crippen MR) is 77.4 cm³/mol. The van der Waals surface area contributed by atoms with Crippen LogP contribution in [0.25, 0.3) is 0 Å². The third kappa shape index (κ3) is 5.19. The molecule has 5 heteroatoms. The Morgan fingerprint density at radius 3 is 2.79 bits per heavy atom. The lowest BCUT2D eigenvalue weighted by atomic mass is 10.1. The van der Waals surface area contributed by atoms with Crippen LogP contribution in [-0.2, 0) is 16.0 Å². The maximum absolute atomic E-state index is 11.8. The quantitative estimate of drug-likeness (QED) is 0.856. The Hall–Kier alpha value is -1.10. The van der Waals surface area contributed by atoms with Crippen molar-refractivity contribution in [3.8, 4) is 0 Å². The second-order valence-electron chi connectivity index (χ2n) is 4.68. The van der Waals surface area contributed by atoms with Gasteiger partial charge in [-0.05, 0) is 24.8 Å². The van der Waals surface area contributed by atoms with E-state index in [4.69, 9.17) is 10.5 Å². The molecule has 1 fully saturated rings. The highest BCUT2D eigenvalue weighted by Gasteiger charge is 2.18. The summed E-state index contributed by atoms with van der Waals surface area (Å²) in [7, 11) is 0. The number of hydrogen-bond acceptors (Lipinski definition) is 3. The van der Waals surface area contributed by atoms with Gasteiger partial charge in [0.2, 0.25) is 5.91 Å². The van der Waals surface area contributed by atoms with Crippen molar-refractivity contribution in [1.29, 1.82) is 0 Å². The molecule has 0 bridgehead atoms. The van der Waals surface area contributed by atoms with Gasteiger partial charge in [-0.3, -0.25) is 4.79 Å². The fraction of sp³-hybridized carbons (Fsp3) is 0.500. The van der Waals surface area contributed by atoms with Crippen molar-refractivity contribution >= 4 is 18.3 Å². The number of hydrogen-bond donors (Lipinski definition) is 2. The van der Waals surface area contributed by atoms with E-state index in [-0.39, 0.29) is 24.4 Å². The summed E-state index contributed by atoms with van der Waals surface area (Å²) in [6.07, 6.45) is 2.83. The molecule has 1 aromatic carbocycles. The Morgan fingerprint density at radius 1 is 1.42 bits per heavy atom. The summed E-state index contributed by atoms with van der Waals surface area (Å²) in [6.45, 7) is 1.37. The van der Waals surface area contributed by atoms with Gasteiger partial charge in [0.15, 0.2) is 0 Å². The zero-order chi connectivity index (χ0) is 12.8. The maximum Gasteiger partial charge on any atom is 0.237 e. The topological polar surface area (TPSA) is 64.4 Å². The standard InChI is InChI=1S/C14H20N2O2.ClH/c15-13(9-11-5-2-1-3-6-11)14(17)16-10-12-7-4-8-18-12;/h1-3,5-6,12-13H,4,7-10,15H2,(H,16,17);1H/t12?,13-;/m0./s1. The van der Waals surface area contributed by atoms with Crippen LogP contribution in [0, 0.1) is 0 Å². The van der Waals surface area contributed by atoms with Crippen LogP contribution in [0.3, 0.4) is 0 Å². The normalized spacial score (nSPS) is 19.5. The molecule has 19 heavy (non-hydrogen) atoms. The Balaban J connectivity index is 0.00000180. The van der Waals surface area contributed by atoms with E-state index >= 15 is 0 Å². The first kappa shape index (κ1) is 16.0. The van der Waals surface area contributed by atoms with E-state index < -0.39 is 6.04 Å². The molecule has 0 saturated carbocycles. The molecule has 0 spiro atoms. The van der Waals surface area contributed by atoms with Crippen LogP contribution in [0.2, 0.25) is 0 Å². The van der Waals surface area contributed by atoms with Crippen LogP contribution in [0.5, 0.6) is 0 Å². The van der Waals surface area contributed by atoms with Gasteiger partial charge >= 0.3 is 0 Å². The SMILES string of the molecule is Cl.N[C@@H](Cc1ccccc1)C(=O)NCC1CCCO1. The third-order valence-corrected chi connectivity index (χ3v) is 3.16. The van der Waals surface area contributed by atoms with Crippen LogP contribution < -0.4 is 11.1 Å². The molecule has 3 N–H and O–H groups in total. The van der Waals surface area contributed by atoms with Gasteiger partial charge in [-0.1, -0.05) is 30.3 Å². The Morgan fingerprint density at radius 2 is 2.16 bits per heavy atom. The Kier molecular flexibility index (Phi) is 6.84. The molecular formula is C14H21ClN2O2. The summed E-state index contributed by atoms with van der Waals surface area (Å²) < 4.78 is 5.45. The van der Waals surface area contributed by atoms with E-state index in [0.717, 1.165) is 25.0 Å². The van der Waals surface area contributed by atoms with E-state index in [0.29, 0.717) is 13.0 Å². The van der Waals surface area contributed by atoms with Crippen LogP contribution >= 0.6 is 12.4 Å². The zero-order valence-electron chi connectivity index (χ0n) is 10.9. The third-order valence-electron chi connectivity index (χ3n) is 3.16. The summed E-state index contributed by atoms with van der Waals surface area (Å²) >= 11 is 0. The summed E-state index contributed by atoms with van der Waals surface area (Å²) in [4.78, 5) is 11.8. The van der Waals surface area contributed by atoms with Gasteiger partial charge in [0.25, 0.3) is 0 Å². The molecule has 2 atom stereocenters. The number of nitrogens with one attached hydrogen (secondary N) is 1. The highest BCUT2D eigenvalue weighted by molar-refractivity contribution is 5.85. The molecule has 4 nitrogen and oxygen atoms in total. The van der Waals surface area contributed by atoms with Crippen molar-refractivity contribution in [2.45, 2.75) is 31.4 Å². The minimum Gasteiger partial charge on any atom is -0.376 e. The van der Waals surface area contributed by atoms with Gasteiger partial charge in [0.05, 0.1) is 12.1 Å². The molecule has 106 valence electrons. The smallest absolute Gasteiger partial charge is 0.237 e. The number of benzene rings is 1. The van der Waals surface area contributed by atoms with Gasteiger partial charge in [-0.15, -0.1) is 12.4 Å². The average molecular weight is 285 g/mol.